The molecule has 1 heterocycles. The van der Waals surface area contributed by atoms with Gasteiger partial charge in [-0.1, -0.05) is 64.0 Å². The maximum absolute atomic E-state index is 14.0. The molecule has 45 heavy (non-hydrogen) atoms. The summed E-state index contributed by atoms with van der Waals surface area (Å²) < 4.78 is 0. The van der Waals surface area contributed by atoms with E-state index in [0.717, 1.165) is 49.7 Å². The zero-order valence-corrected chi connectivity index (χ0v) is 28.0. The normalized spacial score (nSPS) is 32.6. The van der Waals surface area contributed by atoms with E-state index in [9.17, 15) is 19.8 Å². The van der Waals surface area contributed by atoms with Crippen molar-refractivity contribution in [3.8, 4) is 11.8 Å². The number of hydroxylamine groups is 2. The molecule has 248 valence electrons. The summed E-state index contributed by atoms with van der Waals surface area (Å²) in [6, 6.07) is 7.20. The number of hydrogen-bond acceptors (Lipinski definition) is 7. The molecule has 5 fully saturated rings. The van der Waals surface area contributed by atoms with Gasteiger partial charge in [0, 0.05) is 17.5 Å². The van der Waals surface area contributed by atoms with Crippen LogP contribution in [0.25, 0.3) is 0 Å². The van der Waals surface area contributed by atoms with Crippen LogP contribution in [0, 0.1) is 40.9 Å². The second kappa shape index (κ2) is 13.7. The number of amides is 2. The van der Waals surface area contributed by atoms with Crippen LogP contribution >= 0.6 is 0 Å². The van der Waals surface area contributed by atoms with Gasteiger partial charge in [0.05, 0.1) is 25.8 Å². The van der Waals surface area contributed by atoms with Gasteiger partial charge in [0.15, 0.2) is 0 Å². The Labute approximate surface area is 269 Å². The molecule has 0 radical (unpaired) electrons. The molecule has 4 N–H and O–H groups in total. The fraction of sp³-hybridized carbons (Fsp3) is 0.722. The zero-order chi connectivity index (χ0) is 32.5. The van der Waals surface area contributed by atoms with Crippen molar-refractivity contribution in [3.05, 3.63) is 35.4 Å². The lowest BCUT2D eigenvalue weighted by atomic mass is 9.45. The number of fused-ring (bicyclic) bond motifs is 2. The maximum Gasteiger partial charge on any atom is 0.240 e. The van der Waals surface area contributed by atoms with Gasteiger partial charge in [-0.15, -0.1) is 0 Å². The smallest absolute Gasteiger partial charge is 0.240 e. The summed E-state index contributed by atoms with van der Waals surface area (Å²) in [6.45, 7) is 8.93. The van der Waals surface area contributed by atoms with Crippen LogP contribution in [0.3, 0.4) is 0 Å². The van der Waals surface area contributed by atoms with Crippen molar-refractivity contribution in [1.29, 1.82) is 0 Å². The van der Waals surface area contributed by atoms with E-state index in [1.807, 2.05) is 43.3 Å². The van der Waals surface area contributed by atoms with E-state index in [-0.39, 0.29) is 24.5 Å². The van der Waals surface area contributed by atoms with Gasteiger partial charge >= 0.3 is 0 Å². The number of carbonyl (C=O) groups is 2. The lowest BCUT2D eigenvalue weighted by molar-refractivity contribution is -0.183. The fourth-order valence-corrected chi connectivity index (χ4v) is 8.63. The molecule has 6 rings (SSSR count). The topological polar surface area (TPSA) is 114 Å². The Hall–Kier alpha value is -2.48. The van der Waals surface area contributed by atoms with Gasteiger partial charge in [-0.3, -0.25) is 14.4 Å². The third kappa shape index (κ3) is 7.26. The molecule has 4 aliphatic carbocycles. The van der Waals surface area contributed by atoms with E-state index in [2.05, 4.69) is 43.2 Å². The molecule has 5 aliphatic rings. The molecule has 2 amide bonds. The van der Waals surface area contributed by atoms with Crippen LogP contribution < -0.4 is 10.6 Å². The van der Waals surface area contributed by atoms with Gasteiger partial charge < -0.3 is 25.7 Å². The highest BCUT2D eigenvalue weighted by atomic mass is 16.7. The molecular weight excluding hydrogens is 568 g/mol. The number of carbonyl (C=O) groups excluding carboxylic acids is 2. The molecule has 9 nitrogen and oxygen atoms in total. The van der Waals surface area contributed by atoms with E-state index in [1.165, 1.54) is 6.42 Å². The van der Waals surface area contributed by atoms with Crippen molar-refractivity contribution in [2.75, 3.05) is 27.2 Å². The van der Waals surface area contributed by atoms with Gasteiger partial charge in [-0.05, 0) is 87.6 Å². The number of nitrogens with zero attached hydrogens (tertiary/aromatic N) is 2. The predicted molar refractivity (Wildman–Crippen MR) is 173 cm³/mol. The van der Waals surface area contributed by atoms with E-state index < -0.39 is 29.7 Å². The summed E-state index contributed by atoms with van der Waals surface area (Å²) in [5.41, 5.74) is 1.51. The van der Waals surface area contributed by atoms with Gasteiger partial charge in [-0.2, -0.15) is 5.06 Å². The Morgan fingerprint density at radius 2 is 1.91 bits per heavy atom. The average Bonchev–Trinajstić information content (AvgIpc) is 3.35. The molecule has 0 aromatic heterocycles. The third-order valence-electron chi connectivity index (χ3n) is 11.3. The van der Waals surface area contributed by atoms with Crippen LogP contribution in [-0.4, -0.2) is 89.1 Å². The monoisotopic (exact) mass is 622 g/mol. The van der Waals surface area contributed by atoms with Gasteiger partial charge in [-0.25, -0.2) is 0 Å². The highest BCUT2D eigenvalue weighted by Gasteiger charge is 2.57. The Morgan fingerprint density at radius 3 is 2.53 bits per heavy atom. The fourth-order valence-electron chi connectivity index (χ4n) is 8.63. The minimum absolute atomic E-state index is 0.0186. The summed E-state index contributed by atoms with van der Waals surface area (Å²) >= 11 is 0. The summed E-state index contributed by atoms with van der Waals surface area (Å²) in [5, 5.41) is 29.1. The minimum Gasteiger partial charge on any atom is -0.394 e. The minimum atomic E-state index is -0.842. The van der Waals surface area contributed by atoms with Crippen molar-refractivity contribution in [3.63, 3.8) is 0 Å². The molecule has 2 bridgehead atoms. The summed E-state index contributed by atoms with van der Waals surface area (Å²) in [7, 11) is 3.77. The highest BCUT2D eigenvalue weighted by Crippen LogP contribution is 2.61. The molecule has 8 atom stereocenters. The van der Waals surface area contributed by atoms with E-state index in [1.54, 1.807) is 12.0 Å². The molecule has 9 heteroatoms. The van der Waals surface area contributed by atoms with E-state index in [4.69, 9.17) is 4.84 Å². The number of hydrogen-bond donors (Lipinski definition) is 4. The number of rotatable bonds is 9. The Morgan fingerprint density at radius 1 is 1.18 bits per heavy atom. The van der Waals surface area contributed by atoms with Crippen LogP contribution in [0.1, 0.15) is 83.8 Å². The average molecular weight is 623 g/mol. The molecule has 1 unspecified atom stereocenters. The molecule has 1 aliphatic heterocycles. The summed E-state index contributed by atoms with van der Waals surface area (Å²) in [5.74, 6) is 7.59. The second-order valence-corrected chi connectivity index (χ2v) is 15.1. The standard InChI is InChI=1S/C36H54N4O5/c1-23-28-18-27(35(28,3)4)19-29(23)37-34(44)33-32(24(2)42)30(22-41)45-40(33)20-26-12-10-11-25(17-26)13-16-36(14-8-7-9-15-36)38-31(43)21-39(5)6/h10-12,17,23-24,27-30,32-33,41-42H,7-9,14-15,18-22H2,1-6H3,(H,37,44)(H,38,43)/t23-,24-,27?,28-,29-,30-,32+,33-/m0/s1. The lowest BCUT2D eigenvalue weighted by Gasteiger charge is -2.62. The SMILES string of the molecule is C[C@@H]1[C@@H](NC(=O)[C@@H]2[C@H]([C@H](C)O)[C@H](CO)ON2Cc2cccc(C#CC3(NC(=O)CN(C)C)CCCCC3)c2)CC2C[C@@H]1C2(C)C. The Balaban J connectivity index is 1.33. The van der Waals surface area contributed by atoms with Crippen LogP contribution in [0.15, 0.2) is 24.3 Å². The lowest BCUT2D eigenvalue weighted by Crippen LogP contribution is -2.62. The molecule has 1 saturated heterocycles. The Bertz CT molecular complexity index is 1280. The maximum atomic E-state index is 14.0. The van der Waals surface area contributed by atoms with Gasteiger partial charge in [0.2, 0.25) is 11.8 Å². The van der Waals surface area contributed by atoms with Crippen molar-refractivity contribution in [1.82, 2.24) is 20.6 Å². The van der Waals surface area contributed by atoms with Gasteiger partial charge in [0.25, 0.3) is 0 Å². The zero-order valence-electron chi connectivity index (χ0n) is 28.0. The van der Waals surface area contributed by atoms with Crippen LogP contribution in [0.5, 0.6) is 0 Å². The van der Waals surface area contributed by atoms with Gasteiger partial charge in [0.1, 0.15) is 17.7 Å². The number of likely N-dealkylation sites (N-methyl/N-ethyl adjacent to an activating group) is 1. The first-order valence-corrected chi connectivity index (χ1v) is 16.9. The highest BCUT2D eigenvalue weighted by molar-refractivity contribution is 5.83. The van der Waals surface area contributed by atoms with Crippen molar-refractivity contribution < 1.29 is 24.6 Å². The number of nitrogens with one attached hydrogen (secondary N) is 2. The van der Waals surface area contributed by atoms with Crippen molar-refractivity contribution in [2.24, 2.45) is 29.1 Å². The first-order chi connectivity index (χ1) is 21.3. The van der Waals surface area contributed by atoms with E-state index in [0.29, 0.717) is 36.3 Å². The molecule has 0 spiro atoms. The van der Waals surface area contributed by atoms with Crippen molar-refractivity contribution >= 4 is 11.8 Å². The quantitative estimate of drug-likeness (QED) is 0.313. The van der Waals surface area contributed by atoms with Crippen LogP contribution in [-0.2, 0) is 21.0 Å². The molecular formula is C36H54N4O5. The number of aliphatic hydroxyl groups excluding tert-OH is 2. The second-order valence-electron chi connectivity index (χ2n) is 15.1. The Kier molecular flexibility index (Phi) is 10.3. The molecule has 4 saturated carbocycles. The number of benzene rings is 1. The third-order valence-corrected chi connectivity index (χ3v) is 11.3. The van der Waals surface area contributed by atoms with E-state index >= 15 is 0 Å². The molecule has 1 aromatic carbocycles. The van der Waals surface area contributed by atoms with Crippen molar-refractivity contribution in [2.45, 2.75) is 109 Å². The summed E-state index contributed by atoms with van der Waals surface area (Å²) in [4.78, 5) is 34.7. The summed E-state index contributed by atoms with van der Waals surface area (Å²) in [6.07, 6.45) is 5.54. The largest absolute Gasteiger partial charge is 0.394 e. The number of aliphatic hydroxyl groups is 2. The molecule has 1 aromatic rings. The first-order valence-electron chi connectivity index (χ1n) is 16.9. The van der Waals surface area contributed by atoms with Crippen LogP contribution in [0.2, 0.25) is 0 Å². The first kappa shape index (κ1) is 33.9. The van der Waals surface area contributed by atoms with Crippen LogP contribution in [0.4, 0.5) is 0 Å². The predicted octanol–water partition coefficient (Wildman–Crippen LogP) is 3.08.